The lowest BCUT2D eigenvalue weighted by Gasteiger charge is -2.26. The Hall–Kier alpha value is -4.19. The summed E-state index contributed by atoms with van der Waals surface area (Å²) < 4.78 is 13.0. The predicted octanol–water partition coefficient (Wildman–Crippen LogP) is 2.40. The number of hydrogen-bond acceptors (Lipinski definition) is 6. The van der Waals surface area contributed by atoms with Crippen LogP contribution in [0.5, 0.6) is 11.5 Å². The van der Waals surface area contributed by atoms with E-state index in [1.165, 1.54) is 0 Å². The van der Waals surface area contributed by atoms with Gasteiger partial charge in [0.15, 0.2) is 17.6 Å². The first-order valence-electron chi connectivity index (χ1n) is 10.4. The number of carbonyl (C=O) groups is 1. The SMILES string of the molecule is N#Cc1c(CCCNC(=O)NCC2COc3ccccc3O2)nn(-c2ccccc2)c1N. The summed E-state index contributed by atoms with van der Waals surface area (Å²) in [6.45, 7) is 1.14. The fourth-order valence-corrected chi connectivity index (χ4v) is 3.43. The number of para-hydroxylation sites is 3. The molecule has 32 heavy (non-hydrogen) atoms. The summed E-state index contributed by atoms with van der Waals surface area (Å²) in [5, 5.41) is 19.6. The Morgan fingerprint density at radius 2 is 1.91 bits per heavy atom. The number of nitrogen functional groups attached to an aromatic ring is 1. The van der Waals surface area contributed by atoms with Gasteiger partial charge in [-0.05, 0) is 37.1 Å². The van der Waals surface area contributed by atoms with Crippen molar-refractivity contribution in [2.24, 2.45) is 0 Å². The molecule has 2 heterocycles. The second kappa shape index (κ2) is 9.75. The number of urea groups is 1. The third kappa shape index (κ3) is 4.75. The first kappa shape index (κ1) is 21.1. The van der Waals surface area contributed by atoms with Crippen LogP contribution in [0.2, 0.25) is 0 Å². The van der Waals surface area contributed by atoms with Crippen LogP contribution in [0.1, 0.15) is 17.7 Å². The van der Waals surface area contributed by atoms with E-state index < -0.39 is 0 Å². The van der Waals surface area contributed by atoms with E-state index in [1.807, 2.05) is 54.6 Å². The number of anilines is 1. The van der Waals surface area contributed by atoms with E-state index in [4.69, 9.17) is 15.2 Å². The summed E-state index contributed by atoms with van der Waals surface area (Å²) in [6, 6.07) is 18.7. The minimum atomic E-state index is -0.290. The van der Waals surface area contributed by atoms with Gasteiger partial charge in [-0.1, -0.05) is 30.3 Å². The molecule has 0 saturated carbocycles. The van der Waals surface area contributed by atoms with Crippen LogP contribution in [0.15, 0.2) is 54.6 Å². The highest BCUT2D eigenvalue weighted by molar-refractivity contribution is 5.73. The number of aromatic nitrogens is 2. The lowest BCUT2D eigenvalue weighted by atomic mass is 10.1. The van der Waals surface area contributed by atoms with Gasteiger partial charge in [-0.25, -0.2) is 9.48 Å². The first-order valence-corrected chi connectivity index (χ1v) is 10.4. The third-order valence-corrected chi connectivity index (χ3v) is 5.04. The van der Waals surface area contributed by atoms with Crippen LogP contribution < -0.4 is 25.8 Å². The molecule has 1 unspecified atom stereocenters. The summed E-state index contributed by atoms with van der Waals surface area (Å²) in [5.41, 5.74) is 7.89. The quantitative estimate of drug-likeness (QED) is 0.492. The summed E-state index contributed by atoms with van der Waals surface area (Å²) in [5.74, 6) is 1.70. The first-order chi connectivity index (χ1) is 15.7. The normalized spacial score (nSPS) is 14.4. The Morgan fingerprint density at radius 3 is 2.69 bits per heavy atom. The molecule has 164 valence electrons. The topological polar surface area (TPSA) is 127 Å². The van der Waals surface area contributed by atoms with Crippen LogP contribution in [0.25, 0.3) is 5.69 Å². The smallest absolute Gasteiger partial charge is 0.314 e. The van der Waals surface area contributed by atoms with Gasteiger partial charge in [0.2, 0.25) is 0 Å². The molecule has 1 aliphatic heterocycles. The van der Waals surface area contributed by atoms with Crippen LogP contribution in [-0.2, 0) is 6.42 Å². The Kier molecular flexibility index (Phi) is 6.41. The lowest BCUT2D eigenvalue weighted by Crippen LogP contribution is -2.44. The van der Waals surface area contributed by atoms with E-state index in [0.29, 0.717) is 61.1 Å². The molecule has 0 bridgehead atoms. The Labute approximate surface area is 185 Å². The van der Waals surface area contributed by atoms with Crippen molar-refractivity contribution in [2.75, 3.05) is 25.4 Å². The van der Waals surface area contributed by atoms with Gasteiger partial charge in [0.1, 0.15) is 24.1 Å². The van der Waals surface area contributed by atoms with Crippen LogP contribution in [-0.4, -0.2) is 41.6 Å². The van der Waals surface area contributed by atoms with Crippen LogP contribution in [0.3, 0.4) is 0 Å². The number of benzene rings is 2. The summed E-state index contributed by atoms with van der Waals surface area (Å²) in [7, 11) is 0. The summed E-state index contributed by atoms with van der Waals surface area (Å²) >= 11 is 0. The van der Waals surface area contributed by atoms with Crippen LogP contribution in [0.4, 0.5) is 10.6 Å². The zero-order chi connectivity index (χ0) is 22.3. The second-order valence-electron chi connectivity index (χ2n) is 7.30. The fourth-order valence-electron chi connectivity index (χ4n) is 3.43. The van der Waals surface area contributed by atoms with Gasteiger partial charge < -0.3 is 25.8 Å². The molecular weight excluding hydrogens is 408 g/mol. The molecule has 1 aliphatic rings. The average molecular weight is 432 g/mol. The highest BCUT2D eigenvalue weighted by atomic mass is 16.6. The highest BCUT2D eigenvalue weighted by Gasteiger charge is 2.21. The van der Waals surface area contributed by atoms with Gasteiger partial charge in [-0.2, -0.15) is 10.4 Å². The molecule has 9 nitrogen and oxygen atoms in total. The van der Waals surface area contributed by atoms with E-state index in [2.05, 4.69) is 21.8 Å². The molecule has 3 aromatic rings. The van der Waals surface area contributed by atoms with Crippen molar-refractivity contribution in [3.8, 4) is 23.3 Å². The Balaban J connectivity index is 1.23. The highest BCUT2D eigenvalue weighted by Crippen LogP contribution is 2.30. The van der Waals surface area contributed by atoms with Gasteiger partial charge in [0.25, 0.3) is 0 Å². The van der Waals surface area contributed by atoms with Crippen molar-refractivity contribution in [3.05, 3.63) is 65.9 Å². The molecule has 9 heteroatoms. The number of hydrogen-bond donors (Lipinski definition) is 3. The van der Waals surface area contributed by atoms with E-state index in [-0.39, 0.29) is 12.1 Å². The number of nitriles is 1. The molecule has 1 aromatic heterocycles. The molecule has 0 spiro atoms. The number of aryl methyl sites for hydroxylation is 1. The van der Waals surface area contributed by atoms with E-state index in [9.17, 15) is 10.1 Å². The van der Waals surface area contributed by atoms with Crippen molar-refractivity contribution in [1.29, 1.82) is 5.26 Å². The standard InChI is InChI=1S/C23H24N6O3/c24-13-18-19(28-29(22(18)25)16-7-2-1-3-8-16)9-6-12-26-23(30)27-14-17-15-31-20-10-4-5-11-21(20)32-17/h1-5,7-8,10-11,17H,6,9,12,14-15,25H2,(H2,26,27,30). The maximum Gasteiger partial charge on any atom is 0.314 e. The molecule has 4 N–H and O–H groups in total. The summed E-state index contributed by atoms with van der Waals surface area (Å²) in [4.78, 5) is 12.1. The maximum absolute atomic E-state index is 12.1. The van der Waals surface area contributed by atoms with Crippen molar-refractivity contribution in [3.63, 3.8) is 0 Å². The number of nitrogens with one attached hydrogen (secondary N) is 2. The average Bonchev–Trinajstić information content (AvgIpc) is 3.16. The molecule has 0 fully saturated rings. The van der Waals surface area contributed by atoms with Gasteiger partial charge in [0.05, 0.1) is 17.9 Å². The van der Waals surface area contributed by atoms with Gasteiger partial charge in [-0.3, -0.25) is 0 Å². The fraction of sp³-hybridized carbons (Fsp3) is 0.261. The Bertz CT molecular complexity index is 1120. The van der Waals surface area contributed by atoms with E-state index in [1.54, 1.807) is 4.68 Å². The van der Waals surface area contributed by atoms with Gasteiger partial charge in [-0.15, -0.1) is 0 Å². The second-order valence-corrected chi connectivity index (χ2v) is 7.30. The van der Waals surface area contributed by atoms with Gasteiger partial charge in [0, 0.05) is 6.54 Å². The molecule has 0 saturated heterocycles. The Morgan fingerprint density at radius 1 is 1.16 bits per heavy atom. The van der Waals surface area contributed by atoms with Crippen molar-refractivity contribution >= 4 is 11.8 Å². The minimum Gasteiger partial charge on any atom is -0.486 e. The lowest BCUT2D eigenvalue weighted by molar-refractivity contribution is 0.0918. The van der Waals surface area contributed by atoms with Gasteiger partial charge >= 0.3 is 6.03 Å². The van der Waals surface area contributed by atoms with Crippen molar-refractivity contribution in [1.82, 2.24) is 20.4 Å². The number of ether oxygens (including phenoxy) is 2. The largest absolute Gasteiger partial charge is 0.486 e. The number of amides is 2. The zero-order valence-corrected chi connectivity index (χ0v) is 17.5. The number of nitrogens with zero attached hydrogens (tertiary/aromatic N) is 3. The van der Waals surface area contributed by atoms with Crippen molar-refractivity contribution in [2.45, 2.75) is 18.9 Å². The predicted molar refractivity (Wildman–Crippen MR) is 119 cm³/mol. The van der Waals surface area contributed by atoms with E-state index >= 15 is 0 Å². The van der Waals surface area contributed by atoms with Crippen LogP contribution >= 0.6 is 0 Å². The van der Waals surface area contributed by atoms with Crippen molar-refractivity contribution < 1.29 is 14.3 Å². The number of nitrogens with two attached hydrogens (primary N) is 1. The minimum absolute atomic E-state index is 0.251. The third-order valence-electron chi connectivity index (χ3n) is 5.04. The molecular formula is C23H24N6O3. The molecule has 2 aromatic carbocycles. The number of fused-ring (bicyclic) bond motifs is 1. The van der Waals surface area contributed by atoms with Crippen LogP contribution in [0, 0.1) is 11.3 Å². The molecule has 2 amide bonds. The molecule has 0 radical (unpaired) electrons. The summed E-state index contributed by atoms with van der Waals surface area (Å²) in [6.07, 6.45) is 0.881. The molecule has 0 aliphatic carbocycles. The number of rotatable bonds is 7. The maximum atomic E-state index is 12.1. The molecule has 4 rings (SSSR count). The molecule has 1 atom stereocenters. The zero-order valence-electron chi connectivity index (χ0n) is 17.5. The number of carbonyl (C=O) groups excluding carboxylic acids is 1. The monoisotopic (exact) mass is 432 g/mol. The van der Waals surface area contributed by atoms with E-state index in [0.717, 1.165) is 5.69 Å².